The van der Waals surface area contributed by atoms with Gasteiger partial charge >= 0.3 is 0 Å². The van der Waals surface area contributed by atoms with Crippen molar-refractivity contribution in [1.29, 1.82) is 0 Å². The van der Waals surface area contributed by atoms with Crippen LogP contribution in [0.1, 0.15) is 33.1 Å². The Hall–Kier alpha value is -1.95. The standard InChI is InChI=1S/C19H24FN3OS/c1-13(2)11-18(24)23-9-7-16(8-10-23)21-19-22-17(12-25-19)14-3-5-15(20)6-4-14/h3-6,12-13,16H,7-11H2,1-2H3,(H,21,22). The Balaban J connectivity index is 1.53. The third-order valence-electron chi connectivity index (χ3n) is 4.40. The quantitative estimate of drug-likeness (QED) is 0.859. The van der Waals surface area contributed by atoms with Gasteiger partial charge < -0.3 is 10.2 Å². The van der Waals surface area contributed by atoms with Gasteiger partial charge in [0.15, 0.2) is 5.13 Å². The number of thiazole rings is 1. The van der Waals surface area contributed by atoms with Gasteiger partial charge in [-0.15, -0.1) is 11.3 Å². The van der Waals surface area contributed by atoms with Crippen molar-refractivity contribution >= 4 is 22.4 Å². The molecule has 0 aliphatic carbocycles. The Labute approximate surface area is 152 Å². The summed E-state index contributed by atoms with van der Waals surface area (Å²) in [6, 6.07) is 6.73. The van der Waals surface area contributed by atoms with Crippen molar-refractivity contribution in [3.8, 4) is 11.3 Å². The molecule has 1 aromatic heterocycles. The number of likely N-dealkylation sites (tertiary alicyclic amines) is 1. The van der Waals surface area contributed by atoms with Gasteiger partial charge in [0.2, 0.25) is 5.91 Å². The number of piperidine rings is 1. The first-order valence-corrected chi connectivity index (χ1v) is 9.65. The number of amides is 1. The van der Waals surface area contributed by atoms with Gasteiger partial charge in [0.1, 0.15) is 5.82 Å². The van der Waals surface area contributed by atoms with E-state index in [1.54, 1.807) is 23.5 Å². The van der Waals surface area contributed by atoms with Crippen LogP contribution in [0.15, 0.2) is 29.6 Å². The van der Waals surface area contributed by atoms with Gasteiger partial charge in [0.05, 0.1) is 5.69 Å². The molecule has 1 aliphatic rings. The number of hydrogen-bond donors (Lipinski definition) is 1. The van der Waals surface area contributed by atoms with Crippen LogP contribution in [0.2, 0.25) is 0 Å². The summed E-state index contributed by atoms with van der Waals surface area (Å²) in [5.41, 5.74) is 1.77. The summed E-state index contributed by atoms with van der Waals surface area (Å²) in [4.78, 5) is 18.7. The van der Waals surface area contributed by atoms with E-state index in [4.69, 9.17) is 0 Å². The number of carbonyl (C=O) groups excluding carboxylic acids is 1. The van der Waals surface area contributed by atoms with Crippen LogP contribution >= 0.6 is 11.3 Å². The second-order valence-corrected chi connectivity index (χ2v) is 7.80. The van der Waals surface area contributed by atoms with Crippen LogP contribution in [0.3, 0.4) is 0 Å². The maximum atomic E-state index is 13.0. The molecule has 1 aromatic carbocycles. The molecule has 3 rings (SSSR count). The molecular formula is C19H24FN3OS. The number of carbonyl (C=O) groups is 1. The Morgan fingerprint density at radius 3 is 2.64 bits per heavy atom. The molecule has 2 heterocycles. The Morgan fingerprint density at radius 2 is 2.00 bits per heavy atom. The molecule has 1 N–H and O–H groups in total. The average Bonchev–Trinajstić information content (AvgIpc) is 3.04. The minimum atomic E-state index is -0.240. The topological polar surface area (TPSA) is 45.2 Å². The third kappa shape index (κ3) is 4.78. The summed E-state index contributed by atoms with van der Waals surface area (Å²) in [7, 11) is 0. The van der Waals surface area contributed by atoms with Crippen LogP contribution in [-0.4, -0.2) is 34.9 Å². The van der Waals surface area contributed by atoms with Crippen molar-refractivity contribution in [2.45, 2.75) is 39.2 Å². The molecule has 2 aromatic rings. The summed E-state index contributed by atoms with van der Waals surface area (Å²) in [6.45, 7) is 5.76. The van der Waals surface area contributed by atoms with E-state index in [1.165, 1.54) is 12.1 Å². The lowest BCUT2D eigenvalue weighted by molar-refractivity contribution is -0.132. The zero-order valence-corrected chi connectivity index (χ0v) is 15.5. The second-order valence-electron chi connectivity index (χ2n) is 6.94. The molecule has 134 valence electrons. The number of hydrogen-bond acceptors (Lipinski definition) is 4. The zero-order chi connectivity index (χ0) is 17.8. The maximum Gasteiger partial charge on any atom is 0.222 e. The van der Waals surface area contributed by atoms with E-state index in [0.717, 1.165) is 42.3 Å². The summed E-state index contributed by atoms with van der Waals surface area (Å²) < 4.78 is 13.0. The van der Waals surface area contributed by atoms with Gasteiger partial charge in [-0.2, -0.15) is 0 Å². The molecule has 0 saturated carbocycles. The Bertz CT molecular complexity index is 706. The summed E-state index contributed by atoms with van der Waals surface area (Å²) in [5.74, 6) is 0.431. The minimum absolute atomic E-state index is 0.240. The smallest absolute Gasteiger partial charge is 0.222 e. The summed E-state index contributed by atoms with van der Waals surface area (Å²) in [5, 5.41) is 6.34. The van der Waals surface area contributed by atoms with Crippen LogP contribution in [0.4, 0.5) is 9.52 Å². The highest BCUT2D eigenvalue weighted by Crippen LogP contribution is 2.27. The van der Waals surface area contributed by atoms with Crippen LogP contribution < -0.4 is 5.32 Å². The SMILES string of the molecule is CC(C)CC(=O)N1CCC(Nc2nc(-c3ccc(F)cc3)cs2)CC1. The largest absolute Gasteiger partial charge is 0.359 e. The van der Waals surface area contributed by atoms with Crippen molar-refractivity contribution < 1.29 is 9.18 Å². The van der Waals surface area contributed by atoms with E-state index in [2.05, 4.69) is 24.1 Å². The Kier molecular flexibility index (Phi) is 5.68. The number of aromatic nitrogens is 1. The van der Waals surface area contributed by atoms with Crippen molar-refractivity contribution in [2.24, 2.45) is 5.92 Å². The monoisotopic (exact) mass is 361 g/mol. The molecular weight excluding hydrogens is 337 g/mol. The van der Waals surface area contributed by atoms with Crippen molar-refractivity contribution in [2.75, 3.05) is 18.4 Å². The maximum absolute atomic E-state index is 13.0. The number of benzene rings is 1. The van der Waals surface area contributed by atoms with Gasteiger partial charge in [-0.3, -0.25) is 4.79 Å². The molecule has 6 heteroatoms. The lowest BCUT2D eigenvalue weighted by Crippen LogP contribution is -2.42. The molecule has 1 amide bonds. The number of nitrogens with zero attached hydrogens (tertiary/aromatic N) is 2. The Morgan fingerprint density at radius 1 is 1.32 bits per heavy atom. The van der Waals surface area contributed by atoms with Crippen molar-refractivity contribution in [1.82, 2.24) is 9.88 Å². The number of nitrogens with one attached hydrogen (secondary N) is 1. The zero-order valence-electron chi connectivity index (χ0n) is 14.7. The van der Waals surface area contributed by atoms with Gasteiger partial charge in [0, 0.05) is 36.5 Å². The second kappa shape index (κ2) is 7.95. The van der Waals surface area contributed by atoms with Gasteiger partial charge in [-0.25, -0.2) is 9.37 Å². The molecule has 4 nitrogen and oxygen atoms in total. The molecule has 1 saturated heterocycles. The van der Waals surface area contributed by atoms with E-state index in [-0.39, 0.29) is 11.7 Å². The first-order valence-electron chi connectivity index (χ1n) is 8.77. The number of anilines is 1. The fourth-order valence-electron chi connectivity index (χ4n) is 3.02. The molecule has 0 atom stereocenters. The van der Waals surface area contributed by atoms with Crippen molar-refractivity contribution in [3.05, 3.63) is 35.5 Å². The van der Waals surface area contributed by atoms with E-state index in [1.807, 2.05) is 10.3 Å². The highest BCUT2D eigenvalue weighted by atomic mass is 32.1. The average molecular weight is 361 g/mol. The number of halogens is 1. The van der Waals surface area contributed by atoms with Gasteiger partial charge in [-0.05, 0) is 43.0 Å². The highest BCUT2D eigenvalue weighted by molar-refractivity contribution is 7.14. The van der Waals surface area contributed by atoms with Gasteiger partial charge in [0.25, 0.3) is 0 Å². The van der Waals surface area contributed by atoms with Crippen LogP contribution in [0.5, 0.6) is 0 Å². The molecule has 1 fully saturated rings. The van der Waals surface area contributed by atoms with E-state index in [0.29, 0.717) is 18.4 Å². The predicted molar refractivity (Wildman–Crippen MR) is 100 cm³/mol. The fraction of sp³-hybridized carbons (Fsp3) is 0.474. The van der Waals surface area contributed by atoms with Crippen LogP contribution in [0, 0.1) is 11.7 Å². The first kappa shape index (κ1) is 17.9. The van der Waals surface area contributed by atoms with E-state index < -0.39 is 0 Å². The molecule has 0 radical (unpaired) electrons. The van der Waals surface area contributed by atoms with Crippen molar-refractivity contribution in [3.63, 3.8) is 0 Å². The summed E-state index contributed by atoms with van der Waals surface area (Å²) >= 11 is 1.56. The molecule has 1 aliphatic heterocycles. The molecule has 25 heavy (non-hydrogen) atoms. The lowest BCUT2D eigenvalue weighted by atomic mass is 10.0. The molecule has 0 spiro atoms. The third-order valence-corrected chi connectivity index (χ3v) is 5.18. The van der Waals surface area contributed by atoms with Crippen LogP contribution in [-0.2, 0) is 4.79 Å². The lowest BCUT2D eigenvalue weighted by Gasteiger charge is -2.32. The van der Waals surface area contributed by atoms with Crippen LogP contribution in [0.25, 0.3) is 11.3 Å². The molecule has 0 unspecified atom stereocenters. The molecule has 0 bridgehead atoms. The fourth-order valence-corrected chi connectivity index (χ4v) is 3.82. The highest BCUT2D eigenvalue weighted by Gasteiger charge is 2.23. The first-order chi connectivity index (χ1) is 12.0. The van der Waals surface area contributed by atoms with Gasteiger partial charge in [-0.1, -0.05) is 13.8 Å². The predicted octanol–water partition coefficient (Wildman–Crippen LogP) is 4.40. The minimum Gasteiger partial charge on any atom is -0.359 e. The summed E-state index contributed by atoms with van der Waals surface area (Å²) in [6.07, 6.45) is 2.51. The van der Waals surface area contributed by atoms with E-state index in [9.17, 15) is 9.18 Å². The number of rotatable bonds is 5. The van der Waals surface area contributed by atoms with E-state index >= 15 is 0 Å². The normalized spacial score (nSPS) is 15.6.